The van der Waals surface area contributed by atoms with E-state index >= 15 is 0 Å². The molecule has 0 fully saturated rings. The topological polar surface area (TPSA) is 53.7 Å². The van der Waals surface area contributed by atoms with Crippen LogP contribution in [-0.4, -0.2) is 18.1 Å². The second kappa shape index (κ2) is 5.51. The third-order valence-electron chi connectivity index (χ3n) is 2.95. The molecule has 1 heterocycles. The van der Waals surface area contributed by atoms with Gasteiger partial charge in [-0.05, 0) is 30.3 Å². The standard InChI is InChI=1S/C14H12F3NO3/c1-18(8-10-3-2-6-21-10)9-4-5-11(13(19)20)12(7-9)14(15,16)17/h2-7H,8H2,1H3,(H,19,20). The van der Waals surface area contributed by atoms with Crippen molar-refractivity contribution in [3.05, 3.63) is 53.5 Å². The number of carboxylic acids is 1. The lowest BCUT2D eigenvalue weighted by Crippen LogP contribution is -2.19. The maximum atomic E-state index is 12.9. The Kier molecular flexibility index (Phi) is 3.93. The molecule has 0 radical (unpaired) electrons. The van der Waals surface area contributed by atoms with Gasteiger partial charge in [-0.25, -0.2) is 4.79 Å². The fraction of sp³-hybridized carbons (Fsp3) is 0.214. The van der Waals surface area contributed by atoms with Crippen molar-refractivity contribution >= 4 is 11.7 Å². The van der Waals surface area contributed by atoms with Crippen LogP contribution in [0.4, 0.5) is 18.9 Å². The van der Waals surface area contributed by atoms with Gasteiger partial charge in [-0.1, -0.05) is 0 Å². The van der Waals surface area contributed by atoms with E-state index in [1.807, 2.05) is 0 Å². The van der Waals surface area contributed by atoms with Gasteiger partial charge < -0.3 is 14.4 Å². The molecular weight excluding hydrogens is 287 g/mol. The number of carboxylic acid groups (broad SMARTS) is 1. The molecular formula is C14H12F3NO3. The van der Waals surface area contributed by atoms with Crippen LogP contribution in [0.3, 0.4) is 0 Å². The zero-order chi connectivity index (χ0) is 15.6. The summed E-state index contributed by atoms with van der Waals surface area (Å²) in [5.74, 6) is -1.02. The number of rotatable bonds is 4. The first-order valence-corrected chi connectivity index (χ1v) is 5.97. The minimum Gasteiger partial charge on any atom is -0.478 e. The van der Waals surface area contributed by atoms with Gasteiger partial charge in [-0.2, -0.15) is 13.2 Å². The fourth-order valence-corrected chi connectivity index (χ4v) is 1.92. The number of furan rings is 1. The summed E-state index contributed by atoms with van der Waals surface area (Å²) < 4.78 is 43.9. The molecule has 0 saturated carbocycles. The lowest BCUT2D eigenvalue weighted by Gasteiger charge is -2.20. The number of alkyl halides is 3. The molecule has 0 bridgehead atoms. The molecule has 0 unspecified atom stereocenters. The van der Waals surface area contributed by atoms with E-state index in [1.165, 1.54) is 12.3 Å². The van der Waals surface area contributed by atoms with Gasteiger partial charge in [0.2, 0.25) is 0 Å². The Bertz CT molecular complexity index is 635. The monoisotopic (exact) mass is 299 g/mol. The summed E-state index contributed by atoms with van der Waals surface area (Å²) in [5.41, 5.74) is -1.68. The Balaban J connectivity index is 2.35. The van der Waals surface area contributed by atoms with Gasteiger partial charge in [-0.15, -0.1) is 0 Å². The Morgan fingerprint density at radius 3 is 2.57 bits per heavy atom. The Morgan fingerprint density at radius 1 is 1.33 bits per heavy atom. The third-order valence-corrected chi connectivity index (χ3v) is 2.95. The minimum absolute atomic E-state index is 0.253. The van der Waals surface area contributed by atoms with Crippen molar-refractivity contribution < 1.29 is 27.5 Å². The highest BCUT2D eigenvalue weighted by atomic mass is 19.4. The van der Waals surface area contributed by atoms with Crippen LogP contribution in [0.1, 0.15) is 21.7 Å². The smallest absolute Gasteiger partial charge is 0.417 e. The molecule has 112 valence electrons. The van der Waals surface area contributed by atoms with E-state index in [0.717, 1.165) is 12.1 Å². The average molecular weight is 299 g/mol. The first-order valence-electron chi connectivity index (χ1n) is 5.97. The van der Waals surface area contributed by atoms with Crippen LogP contribution < -0.4 is 4.90 Å². The predicted molar refractivity (Wildman–Crippen MR) is 69.2 cm³/mol. The molecule has 0 amide bonds. The van der Waals surface area contributed by atoms with Crippen molar-refractivity contribution in [3.8, 4) is 0 Å². The van der Waals surface area contributed by atoms with Crippen molar-refractivity contribution in [2.24, 2.45) is 0 Å². The quantitative estimate of drug-likeness (QED) is 0.936. The van der Waals surface area contributed by atoms with Gasteiger partial charge in [0.25, 0.3) is 0 Å². The van der Waals surface area contributed by atoms with Crippen molar-refractivity contribution in [3.63, 3.8) is 0 Å². The highest BCUT2D eigenvalue weighted by Gasteiger charge is 2.35. The predicted octanol–water partition coefficient (Wildman–Crippen LogP) is 3.63. The number of hydrogen-bond donors (Lipinski definition) is 1. The van der Waals surface area contributed by atoms with Crippen LogP contribution in [0.25, 0.3) is 0 Å². The van der Waals surface area contributed by atoms with Crippen LogP contribution in [0.15, 0.2) is 41.0 Å². The van der Waals surface area contributed by atoms with Gasteiger partial charge in [0.05, 0.1) is 23.9 Å². The van der Waals surface area contributed by atoms with E-state index in [4.69, 9.17) is 9.52 Å². The third kappa shape index (κ3) is 3.36. The minimum atomic E-state index is -4.73. The molecule has 2 rings (SSSR count). The van der Waals surface area contributed by atoms with E-state index in [1.54, 1.807) is 24.1 Å². The molecule has 0 atom stereocenters. The van der Waals surface area contributed by atoms with Gasteiger partial charge in [0, 0.05) is 12.7 Å². The fourth-order valence-electron chi connectivity index (χ4n) is 1.92. The summed E-state index contributed by atoms with van der Waals surface area (Å²) in [6.45, 7) is 0.275. The number of anilines is 1. The van der Waals surface area contributed by atoms with Crippen molar-refractivity contribution in [2.45, 2.75) is 12.7 Å². The molecule has 1 N–H and O–H groups in total. The summed E-state index contributed by atoms with van der Waals surface area (Å²) in [7, 11) is 1.60. The van der Waals surface area contributed by atoms with Crippen LogP contribution in [0.5, 0.6) is 0 Å². The zero-order valence-electron chi connectivity index (χ0n) is 11.0. The SMILES string of the molecule is CN(Cc1ccco1)c1ccc(C(=O)O)c(C(F)(F)F)c1. The second-order valence-electron chi connectivity index (χ2n) is 4.47. The molecule has 0 aliphatic rings. The van der Waals surface area contributed by atoms with Gasteiger partial charge in [-0.3, -0.25) is 0 Å². The van der Waals surface area contributed by atoms with E-state index in [2.05, 4.69) is 0 Å². The van der Waals surface area contributed by atoms with Crippen LogP contribution in [0.2, 0.25) is 0 Å². The van der Waals surface area contributed by atoms with E-state index in [0.29, 0.717) is 5.76 Å². The van der Waals surface area contributed by atoms with Crippen molar-refractivity contribution in [1.82, 2.24) is 0 Å². The number of halogens is 3. The Labute approximate surface area is 118 Å². The van der Waals surface area contributed by atoms with E-state index in [-0.39, 0.29) is 12.2 Å². The average Bonchev–Trinajstić information content (AvgIpc) is 2.89. The Morgan fingerprint density at radius 2 is 2.05 bits per heavy atom. The summed E-state index contributed by atoms with van der Waals surface area (Å²) >= 11 is 0. The molecule has 0 spiro atoms. The first-order chi connectivity index (χ1) is 9.79. The highest BCUT2D eigenvalue weighted by molar-refractivity contribution is 5.90. The lowest BCUT2D eigenvalue weighted by atomic mass is 10.1. The number of aromatic carboxylic acids is 1. The second-order valence-corrected chi connectivity index (χ2v) is 4.47. The summed E-state index contributed by atoms with van der Waals surface area (Å²) in [6.07, 6.45) is -3.26. The first kappa shape index (κ1) is 15.0. The number of nitrogens with zero attached hydrogens (tertiary/aromatic N) is 1. The van der Waals surface area contributed by atoms with Gasteiger partial charge in [0.15, 0.2) is 0 Å². The van der Waals surface area contributed by atoms with E-state index < -0.39 is 23.3 Å². The van der Waals surface area contributed by atoms with E-state index in [9.17, 15) is 18.0 Å². The highest BCUT2D eigenvalue weighted by Crippen LogP contribution is 2.34. The summed E-state index contributed by atoms with van der Waals surface area (Å²) in [5, 5.41) is 8.84. The summed E-state index contributed by atoms with van der Waals surface area (Å²) in [6, 6.07) is 6.50. The molecule has 0 aliphatic carbocycles. The zero-order valence-corrected chi connectivity index (χ0v) is 11.0. The number of hydrogen-bond acceptors (Lipinski definition) is 3. The molecule has 1 aromatic heterocycles. The maximum absolute atomic E-state index is 12.9. The van der Waals surface area contributed by atoms with Crippen LogP contribution in [0, 0.1) is 0 Å². The normalized spacial score (nSPS) is 11.4. The molecule has 1 aromatic carbocycles. The number of carbonyl (C=O) groups is 1. The molecule has 7 heteroatoms. The summed E-state index contributed by atoms with van der Waals surface area (Å²) in [4.78, 5) is 12.4. The number of benzene rings is 1. The molecule has 0 saturated heterocycles. The molecule has 2 aromatic rings. The Hall–Kier alpha value is -2.44. The van der Waals surface area contributed by atoms with Crippen LogP contribution >= 0.6 is 0 Å². The molecule has 0 aliphatic heterocycles. The molecule has 4 nitrogen and oxygen atoms in total. The van der Waals surface area contributed by atoms with Crippen LogP contribution in [-0.2, 0) is 12.7 Å². The van der Waals surface area contributed by atoms with Gasteiger partial charge in [0.1, 0.15) is 5.76 Å². The van der Waals surface area contributed by atoms with Gasteiger partial charge >= 0.3 is 12.1 Å². The largest absolute Gasteiger partial charge is 0.478 e. The molecule has 21 heavy (non-hydrogen) atoms. The maximum Gasteiger partial charge on any atom is 0.417 e. The van der Waals surface area contributed by atoms with Crippen molar-refractivity contribution in [1.29, 1.82) is 0 Å². The van der Waals surface area contributed by atoms with Crippen molar-refractivity contribution in [2.75, 3.05) is 11.9 Å². The lowest BCUT2D eigenvalue weighted by molar-refractivity contribution is -0.138.